The molecular weight excluding hydrogens is 399 g/mol. The molecule has 1 heterocycles. The molecule has 1 aromatic heterocycles. The highest BCUT2D eigenvalue weighted by atomic mass is 19.4. The number of hydrogen-bond donors (Lipinski definition) is 1. The van der Waals surface area contributed by atoms with Crippen molar-refractivity contribution >= 4 is 12.1 Å². The van der Waals surface area contributed by atoms with Crippen LogP contribution in [0.4, 0.5) is 13.2 Å². The number of carbonyl (C=O) groups excluding carboxylic acids is 1. The average Bonchev–Trinajstić information content (AvgIpc) is 3.21. The van der Waals surface area contributed by atoms with Gasteiger partial charge in [-0.15, -0.1) is 0 Å². The Labute approximate surface area is 169 Å². The van der Waals surface area contributed by atoms with Crippen LogP contribution in [0.25, 0.3) is 11.3 Å². The molecular formula is C21H14F3N3O3. The number of hydrazone groups is 1. The number of nitriles is 1. The molecule has 0 fully saturated rings. The van der Waals surface area contributed by atoms with Crippen LogP contribution >= 0.6 is 0 Å². The van der Waals surface area contributed by atoms with Gasteiger partial charge in [-0.3, -0.25) is 4.79 Å². The maximum atomic E-state index is 12.8. The second-order valence-electron chi connectivity index (χ2n) is 5.97. The number of alkyl halides is 3. The van der Waals surface area contributed by atoms with Crippen LogP contribution in [-0.4, -0.2) is 18.7 Å². The first-order chi connectivity index (χ1) is 14.4. The van der Waals surface area contributed by atoms with Gasteiger partial charge in [-0.1, -0.05) is 24.3 Å². The van der Waals surface area contributed by atoms with E-state index in [-0.39, 0.29) is 29.4 Å². The Kier molecular flexibility index (Phi) is 6.17. The number of benzene rings is 2. The van der Waals surface area contributed by atoms with Crippen molar-refractivity contribution in [1.29, 1.82) is 5.26 Å². The molecule has 0 radical (unpaired) electrons. The zero-order valence-corrected chi connectivity index (χ0v) is 15.3. The number of nitrogens with zero attached hydrogens (tertiary/aromatic N) is 2. The Morgan fingerprint density at radius 1 is 1.17 bits per heavy atom. The van der Waals surface area contributed by atoms with Gasteiger partial charge in [0.1, 0.15) is 23.3 Å². The summed E-state index contributed by atoms with van der Waals surface area (Å²) in [5.74, 6) is 0.170. The van der Waals surface area contributed by atoms with Gasteiger partial charge in [0.25, 0.3) is 5.91 Å². The summed E-state index contributed by atoms with van der Waals surface area (Å²) in [4.78, 5) is 11.8. The number of halogens is 3. The molecule has 0 bridgehead atoms. The van der Waals surface area contributed by atoms with E-state index in [9.17, 15) is 18.0 Å². The number of hydrogen-bond acceptors (Lipinski definition) is 5. The lowest BCUT2D eigenvalue weighted by Gasteiger charge is -2.07. The van der Waals surface area contributed by atoms with E-state index >= 15 is 0 Å². The zero-order valence-electron chi connectivity index (χ0n) is 15.3. The highest BCUT2D eigenvalue weighted by Crippen LogP contribution is 2.32. The van der Waals surface area contributed by atoms with E-state index in [1.807, 2.05) is 6.07 Å². The maximum Gasteiger partial charge on any atom is 0.416 e. The van der Waals surface area contributed by atoms with Crippen LogP contribution in [0.15, 0.2) is 70.2 Å². The first kappa shape index (κ1) is 20.7. The minimum atomic E-state index is -4.45. The lowest BCUT2D eigenvalue weighted by Crippen LogP contribution is -2.24. The van der Waals surface area contributed by atoms with Crippen molar-refractivity contribution in [2.75, 3.05) is 6.61 Å². The predicted octanol–water partition coefficient (Wildman–Crippen LogP) is 4.37. The Hall–Kier alpha value is -4.06. The van der Waals surface area contributed by atoms with Crippen molar-refractivity contribution in [1.82, 2.24) is 5.43 Å². The lowest BCUT2D eigenvalue weighted by molar-refractivity contribution is -0.137. The summed E-state index contributed by atoms with van der Waals surface area (Å²) in [6.45, 7) is -0.357. The molecule has 0 spiro atoms. The number of nitrogens with one attached hydrogen (secondary N) is 1. The molecule has 0 saturated heterocycles. The highest BCUT2D eigenvalue weighted by molar-refractivity contribution is 5.81. The van der Waals surface area contributed by atoms with Crippen LogP contribution in [-0.2, 0) is 11.0 Å². The summed E-state index contributed by atoms with van der Waals surface area (Å²) in [6.07, 6.45) is -3.24. The molecule has 6 nitrogen and oxygen atoms in total. The normalized spacial score (nSPS) is 11.3. The average molecular weight is 413 g/mol. The van der Waals surface area contributed by atoms with Crippen LogP contribution in [0.2, 0.25) is 0 Å². The van der Waals surface area contributed by atoms with Gasteiger partial charge in [-0.2, -0.15) is 23.5 Å². The minimum Gasteiger partial charge on any atom is -0.482 e. The van der Waals surface area contributed by atoms with Crippen molar-refractivity contribution in [3.8, 4) is 23.1 Å². The minimum absolute atomic E-state index is 0.227. The number of rotatable bonds is 6. The van der Waals surface area contributed by atoms with Crippen LogP contribution in [0.3, 0.4) is 0 Å². The lowest BCUT2D eigenvalue weighted by atomic mass is 10.1. The van der Waals surface area contributed by atoms with Gasteiger partial charge in [0, 0.05) is 5.56 Å². The van der Waals surface area contributed by atoms with Gasteiger partial charge in [0.15, 0.2) is 6.61 Å². The van der Waals surface area contributed by atoms with Crippen LogP contribution in [0.5, 0.6) is 5.75 Å². The Morgan fingerprint density at radius 2 is 1.97 bits per heavy atom. The number of para-hydroxylation sites is 1. The van der Waals surface area contributed by atoms with Crippen molar-refractivity contribution in [3.63, 3.8) is 0 Å². The van der Waals surface area contributed by atoms with Gasteiger partial charge in [-0.25, -0.2) is 5.43 Å². The monoisotopic (exact) mass is 413 g/mol. The smallest absolute Gasteiger partial charge is 0.416 e. The van der Waals surface area contributed by atoms with Crippen molar-refractivity contribution < 1.29 is 27.1 Å². The van der Waals surface area contributed by atoms with Gasteiger partial charge >= 0.3 is 6.18 Å². The highest BCUT2D eigenvalue weighted by Gasteiger charge is 2.30. The summed E-state index contributed by atoms with van der Waals surface area (Å²) < 4.78 is 49.2. The first-order valence-corrected chi connectivity index (χ1v) is 8.58. The van der Waals surface area contributed by atoms with E-state index in [2.05, 4.69) is 10.5 Å². The fraction of sp³-hybridized carbons (Fsp3) is 0.0952. The molecule has 0 saturated carbocycles. The third kappa shape index (κ3) is 5.26. The van der Waals surface area contributed by atoms with E-state index in [0.29, 0.717) is 5.56 Å². The second-order valence-corrected chi connectivity index (χ2v) is 5.97. The summed E-state index contributed by atoms with van der Waals surface area (Å²) in [6, 6.07) is 16.2. The quantitative estimate of drug-likeness (QED) is 0.480. The van der Waals surface area contributed by atoms with Crippen molar-refractivity contribution in [3.05, 3.63) is 77.6 Å². The molecule has 0 aliphatic rings. The maximum absolute atomic E-state index is 12.8. The zero-order chi connectivity index (χ0) is 21.6. The van der Waals surface area contributed by atoms with E-state index in [4.69, 9.17) is 14.4 Å². The Bertz CT molecular complexity index is 1110. The largest absolute Gasteiger partial charge is 0.482 e. The number of amides is 1. The molecule has 9 heteroatoms. The summed E-state index contributed by atoms with van der Waals surface area (Å²) >= 11 is 0. The van der Waals surface area contributed by atoms with Gasteiger partial charge in [-0.05, 0) is 36.4 Å². The van der Waals surface area contributed by atoms with Gasteiger partial charge < -0.3 is 9.15 Å². The standard InChI is InChI=1S/C21H14F3N3O3/c22-21(23,24)16-6-3-5-14(10-16)19-9-8-17(30-19)12-26-27-20(28)13-29-18-7-2-1-4-15(18)11-25/h1-10,12H,13H2,(H,27,28)/b26-12+. The molecule has 2 aromatic carbocycles. The summed E-state index contributed by atoms with van der Waals surface area (Å²) in [7, 11) is 0. The molecule has 0 aliphatic heterocycles. The number of furan rings is 1. The van der Waals surface area contributed by atoms with Crippen molar-refractivity contribution in [2.45, 2.75) is 6.18 Å². The fourth-order valence-corrected chi connectivity index (χ4v) is 2.45. The molecule has 3 aromatic rings. The fourth-order valence-electron chi connectivity index (χ4n) is 2.45. The third-order valence-electron chi connectivity index (χ3n) is 3.85. The molecule has 1 N–H and O–H groups in total. The Balaban J connectivity index is 1.57. The second kappa shape index (κ2) is 8.96. The van der Waals surface area contributed by atoms with E-state index in [1.54, 1.807) is 24.3 Å². The first-order valence-electron chi connectivity index (χ1n) is 8.58. The molecule has 0 atom stereocenters. The van der Waals surface area contributed by atoms with Crippen LogP contribution < -0.4 is 10.2 Å². The summed E-state index contributed by atoms with van der Waals surface area (Å²) in [5.41, 5.74) is 2.01. The summed E-state index contributed by atoms with van der Waals surface area (Å²) in [5, 5.41) is 12.7. The molecule has 0 aliphatic carbocycles. The third-order valence-corrected chi connectivity index (χ3v) is 3.85. The van der Waals surface area contributed by atoms with Crippen molar-refractivity contribution in [2.24, 2.45) is 5.10 Å². The number of carbonyl (C=O) groups is 1. The van der Waals surface area contributed by atoms with E-state index in [1.165, 1.54) is 30.5 Å². The van der Waals surface area contributed by atoms with Crippen LogP contribution in [0, 0.1) is 11.3 Å². The molecule has 30 heavy (non-hydrogen) atoms. The van der Waals surface area contributed by atoms with E-state index < -0.39 is 17.6 Å². The molecule has 1 amide bonds. The molecule has 3 rings (SSSR count). The van der Waals surface area contributed by atoms with E-state index in [0.717, 1.165) is 12.1 Å². The van der Waals surface area contributed by atoms with Gasteiger partial charge in [0.2, 0.25) is 0 Å². The Morgan fingerprint density at radius 3 is 2.73 bits per heavy atom. The molecule has 152 valence electrons. The van der Waals surface area contributed by atoms with Gasteiger partial charge in [0.05, 0.1) is 17.3 Å². The van der Waals surface area contributed by atoms with Crippen LogP contribution in [0.1, 0.15) is 16.9 Å². The topological polar surface area (TPSA) is 87.6 Å². The SMILES string of the molecule is N#Cc1ccccc1OCC(=O)N/N=C/c1ccc(-c2cccc(C(F)(F)F)c2)o1. The number of ether oxygens (including phenoxy) is 1. The predicted molar refractivity (Wildman–Crippen MR) is 102 cm³/mol. The molecule has 0 unspecified atom stereocenters.